The van der Waals surface area contributed by atoms with Crippen LogP contribution in [-0.2, 0) is 39.2 Å². The number of aryl methyl sites for hydroxylation is 2. The summed E-state index contributed by atoms with van der Waals surface area (Å²) < 4.78 is 55.5. The Morgan fingerprint density at radius 3 is 1.40 bits per heavy atom. The van der Waals surface area contributed by atoms with Gasteiger partial charge < -0.3 is 60.8 Å². The Hall–Kier alpha value is -9.40. The first kappa shape index (κ1) is 74.8. The van der Waals surface area contributed by atoms with Crippen LogP contribution in [0, 0.1) is 13.8 Å². The molecule has 0 bridgehead atoms. The van der Waals surface area contributed by atoms with Crippen LogP contribution in [0.4, 0.5) is 28.8 Å². The van der Waals surface area contributed by atoms with E-state index in [1.807, 2.05) is 19.9 Å². The van der Waals surface area contributed by atoms with Gasteiger partial charge in [0.05, 0.1) is 45.6 Å². The number of nitrogens with zero attached hydrogens (tertiary/aromatic N) is 13. The lowest BCUT2D eigenvalue weighted by atomic mass is 10.0. The number of halogens is 4. The van der Waals surface area contributed by atoms with Gasteiger partial charge >= 0.3 is 11.9 Å². The number of benzene rings is 4. The number of likely N-dealkylation sites (tertiary alicyclic amines) is 2. The quantitative estimate of drug-likeness (QED) is 0.0332. The van der Waals surface area contributed by atoms with Gasteiger partial charge in [0, 0.05) is 107 Å². The molecule has 0 saturated carbocycles. The third kappa shape index (κ3) is 18.0. The number of carboxylic acid groups (broad SMARTS) is 2. The average molecular weight is 1520 g/mol. The summed E-state index contributed by atoms with van der Waals surface area (Å²) in [5.74, 6) is -0.831. The second-order valence-corrected chi connectivity index (χ2v) is 30.3. The van der Waals surface area contributed by atoms with Gasteiger partial charge in [0.1, 0.15) is 55.2 Å². The highest BCUT2D eigenvalue weighted by atomic mass is 35.5. The molecule has 10 aromatic rings. The first-order valence-electron chi connectivity index (χ1n) is 33.0. The maximum atomic E-state index is 13.4. The zero-order chi connectivity index (χ0) is 73.1. The molecule has 13 rings (SSSR count). The summed E-state index contributed by atoms with van der Waals surface area (Å²) in [5.41, 5.74) is 4.28. The number of aromatic nitrogens is 9. The van der Waals surface area contributed by atoms with Crippen LogP contribution in [0.5, 0.6) is 0 Å². The highest BCUT2D eigenvalue weighted by molar-refractivity contribution is 7.90. The summed E-state index contributed by atoms with van der Waals surface area (Å²) in [4.78, 5) is 87.6. The second-order valence-electron chi connectivity index (χ2n) is 24.9. The van der Waals surface area contributed by atoms with Gasteiger partial charge in [0.25, 0.3) is 20.0 Å². The van der Waals surface area contributed by atoms with Gasteiger partial charge in [-0.1, -0.05) is 81.8 Å². The predicted octanol–water partition coefficient (Wildman–Crippen LogP) is 9.06. The fraction of sp³-hybridized carbons (Fsp3) is 0.333. The molecule has 9 heterocycles. The van der Waals surface area contributed by atoms with Crippen molar-refractivity contribution in [3.63, 3.8) is 0 Å². The molecule has 3 atom stereocenters. The van der Waals surface area contributed by atoms with Gasteiger partial charge in [-0.05, 0) is 138 Å². The van der Waals surface area contributed by atoms with Crippen molar-refractivity contribution in [3.8, 4) is 0 Å². The van der Waals surface area contributed by atoms with Gasteiger partial charge in [0.2, 0.25) is 11.8 Å². The molecule has 103 heavy (non-hydrogen) atoms. The van der Waals surface area contributed by atoms with Crippen LogP contribution >= 0.6 is 46.4 Å². The molecule has 0 spiro atoms. The van der Waals surface area contributed by atoms with Gasteiger partial charge in [-0.25, -0.2) is 54.7 Å². The number of nitrogens with one attached hydrogen (secondary N) is 4. The zero-order valence-corrected chi connectivity index (χ0v) is 60.6. The Labute approximate surface area is 613 Å². The molecule has 3 aliphatic rings. The Bertz CT molecular complexity index is 4890. The molecule has 3 saturated heterocycles. The number of aliphatic hydroxyl groups is 1. The lowest BCUT2D eigenvalue weighted by molar-refractivity contribution is -0.136. The van der Waals surface area contributed by atoms with Crippen molar-refractivity contribution in [1.29, 1.82) is 0 Å². The Balaban J connectivity index is 0.000000158. The summed E-state index contributed by atoms with van der Waals surface area (Å²) in [5, 5.41) is 42.0. The number of carbonyl (C=O) groups excluding carboxylic acids is 2. The first-order valence-corrected chi connectivity index (χ1v) is 37.4. The number of piperidine rings is 3. The monoisotopic (exact) mass is 1520 g/mol. The Morgan fingerprint density at radius 1 is 0.544 bits per heavy atom. The number of carboxylic acids is 2. The predicted molar refractivity (Wildman–Crippen MR) is 396 cm³/mol. The highest BCUT2D eigenvalue weighted by Gasteiger charge is 2.35. The molecular weight excluding hydrogens is 1450 g/mol. The van der Waals surface area contributed by atoms with Gasteiger partial charge in [0.15, 0.2) is 11.3 Å². The SMILES string of the molecule is Cc1ccc(S(=O)(=O)n2ccc3c(N(CC(=O)O)[C@@H]4CCCN(C(=O)CNc5cc(Cl)cc(Cl)c5)C4)ncnc32)cc1.Cc1ccc(S(=O)(=O)n2ccc3c(N(CCO)[C@@H]4CCCNC4)ncnc32)cc1.O=C(O)CN(c1ncnc2[nH]ccc12)[C@@H]1CCCN(C(=O)CNc2cc(Cl)cc(Cl)c2)C1. The maximum absolute atomic E-state index is 13.4. The van der Waals surface area contributed by atoms with Crippen molar-refractivity contribution in [3.05, 3.63) is 172 Å². The number of hydrogen-bond acceptors (Lipinski definition) is 21. The lowest BCUT2D eigenvalue weighted by Crippen LogP contribution is -2.52. The lowest BCUT2D eigenvalue weighted by Gasteiger charge is -2.39. The minimum Gasteiger partial charge on any atom is -0.480 e. The van der Waals surface area contributed by atoms with Crippen molar-refractivity contribution in [2.45, 2.75) is 80.3 Å². The van der Waals surface area contributed by atoms with E-state index >= 15 is 0 Å². The molecule has 0 radical (unpaired) electrons. The number of aromatic amines is 1. The highest BCUT2D eigenvalue weighted by Crippen LogP contribution is 2.34. The maximum Gasteiger partial charge on any atom is 0.323 e. The fourth-order valence-corrected chi connectivity index (χ4v) is 16.5. The smallest absolute Gasteiger partial charge is 0.323 e. The molecule has 7 N–H and O–H groups in total. The van der Waals surface area contributed by atoms with E-state index in [2.05, 4.69) is 55.7 Å². The number of amides is 2. The molecular formula is C69H75Cl4N17O11S2. The normalized spacial score (nSPS) is 16.3. The molecule has 28 nitrogen and oxygen atoms in total. The molecule has 0 aliphatic carbocycles. The van der Waals surface area contributed by atoms with Crippen LogP contribution in [0.1, 0.15) is 49.7 Å². The van der Waals surface area contributed by atoms with E-state index in [0.29, 0.717) is 104 Å². The van der Waals surface area contributed by atoms with Crippen molar-refractivity contribution >= 4 is 152 Å². The topological polar surface area (TPSA) is 353 Å². The van der Waals surface area contributed by atoms with Crippen LogP contribution in [0.25, 0.3) is 33.1 Å². The van der Waals surface area contributed by atoms with E-state index in [1.165, 1.54) is 47.5 Å². The first-order chi connectivity index (χ1) is 49.4. The number of rotatable bonds is 22. The number of carbonyl (C=O) groups is 4. The number of aliphatic carboxylic acids is 2. The third-order valence-corrected chi connectivity index (χ3v) is 22.0. The number of hydrogen-bond donors (Lipinski definition) is 7. The summed E-state index contributed by atoms with van der Waals surface area (Å²) in [6.07, 6.45) is 13.5. The van der Waals surface area contributed by atoms with E-state index in [9.17, 15) is 51.3 Å². The summed E-state index contributed by atoms with van der Waals surface area (Å²) >= 11 is 24.1. The third-order valence-electron chi connectivity index (χ3n) is 17.8. The van der Waals surface area contributed by atoms with Crippen molar-refractivity contribution < 1.29 is 51.3 Å². The Kier molecular flexibility index (Phi) is 24.2. The van der Waals surface area contributed by atoms with E-state index < -0.39 is 38.5 Å². The van der Waals surface area contributed by atoms with E-state index in [0.717, 1.165) is 59.3 Å². The molecule has 542 valence electrons. The van der Waals surface area contributed by atoms with E-state index in [1.54, 1.807) is 111 Å². The number of aliphatic hydroxyl groups excluding tert-OH is 1. The summed E-state index contributed by atoms with van der Waals surface area (Å²) in [7, 11) is -7.74. The van der Waals surface area contributed by atoms with Crippen molar-refractivity contribution in [2.75, 3.05) is 104 Å². The molecule has 3 fully saturated rings. The molecule has 0 unspecified atom stereocenters. The minimum absolute atomic E-state index is 0.000204. The number of anilines is 5. The molecule has 6 aromatic heterocycles. The zero-order valence-electron chi connectivity index (χ0n) is 56.0. The molecule has 3 aliphatic heterocycles. The largest absolute Gasteiger partial charge is 0.480 e. The molecule has 2 amide bonds. The number of H-pyrrole nitrogens is 1. The van der Waals surface area contributed by atoms with Crippen molar-refractivity contribution in [1.82, 2.24) is 57.9 Å². The summed E-state index contributed by atoms with van der Waals surface area (Å²) in [6.45, 7) is 7.23. The van der Waals surface area contributed by atoms with Crippen LogP contribution in [0.3, 0.4) is 0 Å². The van der Waals surface area contributed by atoms with E-state index in [-0.39, 0.29) is 84.0 Å². The van der Waals surface area contributed by atoms with Gasteiger partial charge in [-0.15, -0.1) is 0 Å². The molecule has 34 heteroatoms. The van der Waals surface area contributed by atoms with Crippen molar-refractivity contribution in [2.24, 2.45) is 0 Å². The van der Waals surface area contributed by atoms with Gasteiger partial charge in [-0.3, -0.25) is 19.2 Å². The number of fused-ring (bicyclic) bond motifs is 3. The minimum atomic E-state index is -3.97. The van der Waals surface area contributed by atoms with Crippen LogP contribution in [0.15, 0.2) is 150 Å². The Morgan fingerprint density at radius 2 is 0.971 bits per heavy atom. The van der Waals surface area contributed by atoms with Gasteiger partial charge in [-0.2, -0.15) is 0 Å². The van der Waals surface area contributed by atoms with Crippen LogP contribution < -0.4 is 30.7 Å². The average Bonchev–Trinajstić information content (AvgIpc) is 1.60. The van der Waals surface area contributed by atoms with E-state index in [4.69, 9.17) is 46.4 Å². The molecule has 4 aromatic carbocycles. The standard InChI is InChI=1S/C28H28Cl2N6O5S.C21H22Cl2N6O3.C20H25N5O3S/c1-18-4-6-23(7-5-18)42(40,41)36-10-8-24-27(32-17-33-28(24)36)35(16-26(38)39)22-3-2-9-34(15-22)25(37)14-31-21-12-19(29)11-20(30)13-21;22-13-6-14(23)8-15(7-13)25-9-18(30)28-5-1-2-16(10-28)29(11-19(31)32)21-17-3-4-24-20(17)26-12-27-21;1-15-4-6-17(7-5-15)29(27,28)25-10-8-18-19(22-14-23-20(18)25)24(11-12-26)16-3-2-9-21-13-16/h4-8,10-13,17,22,31H,2-3,9,14-16H2,1H3,(H,38,39);3-4,6-8,12,16,25H,1-2,5,9-11H2,(H,31,32)(H,24,26,27);4-8,10,14,16,21,26H,2-3,9,11-13H2,1H3/t22-;2*16-/m111/s1. The van der Waals surface area contributed by atoms with Crippen LogP contribution in [-0.4, -0.2) is 205 Å². The fourth-order valence-electron chi connectivity index (χ4n) is 12.9. The second kappa shape index (κ2) is 33.4. The van der Waals surface area contributed by atoms with Crippen LogP contribution in [0.2, 0.25) is 20.1 Å². The summed E-state index contributed by atoms with van der Waals surface area (Å²) in [6, 6.07) is 27.9.